The number of carbonyl (C=O) groups is 1. The van der Waals surface area contributed by atoms with Crippen LogP contribution in [0.5, 0.6) is 5.75 Å². The lowest BCUT2D eigenvalue weighted by atomic mass is 9.73. The van der Waals surface area contributed by atoms with Crippen LogP contribution >= 0.6 is 11.8 Å². The first-order valence-corrected chi connectivity index (χ1v) is 12.6. The van der Waals surface area contributed by atoms with E-state index in [0.717, 1.165) is 34.8 Å². The molecule has 2 aliphatic rings. The number of nitrogens with one attached hydrogen (secondary N) is 1. The fraction of sp³-hybridized carbons (Fsp3) is 0.370. The molecule has 5 rings (SSSR count). The summed E-state index contributed by atoms with van der Waals surface area (Å²) in [7, 11) is 1.65. The summed E-state index contributed by atoms with van der Waals surface area (Å²) < 4.78 is 7.22. The standard InChI is InChI=1S/C27H30N4O2S/c1-16-6-7-19(17(2)12-16)15-34-26-29-25-28-21-13-27(3,4)14-22(32)23(21)24(31(25)30-26)18-8-10-20(33-5)11-9-18/h6-12,24H,13-15H2,1-5H3,(H,28,29,30)/t24-/m0/s1. The summed E-state index contributed by atoms with van der Waals surface area (Å²) >= 11 is 1.62. The molecule has 176 valence electrons. The smallest absolute Gasteiger partial charge is 0.227 e. The van der Waals surface area contributed by atoms with Crippen molar-refractivity contribution in [3.63, 3.8) is 0 Å². The van der Waals surface area contributed by atoms with E-state index >= 15 is 0 Å². The number of anilines is 1. The number of nitrogens with zero attached hydrogens (tertiary/aromatic N) is 3. The number of rotatable bonds is 5. The Morgan fingerprint density at radius 2 is 1.91 bits per heavy atom. The highest BCUT2D eigenvalue weighted by molar-refractivity contribution is 7.98. The number of allylic oxidation sites excluding steroid dienone is 2. The van der Waals surface area contributed by atoms with Gasteiger partial charge in [0, 0.05) is 23.4 Å². The molecule has 1 N–H and O–H groups in total. The van der Waals surface area contributed by atoms with Crippen molar-refractivity contribution in [2.75, 3.05) is 12.4 Å². The van der Waals surface area contributed by atoms with E-state index in [1.807, 2.05) is 28.9 Å². The molecule has 1 aliphatic carbocycles. The first-order chi connectivity index (χ1) is 16.2. The van der Waals surface area contributed by atoms with Gasteiger partial charge in [-0.25, -0.2) is 4.68 Å². The summed E-state index contributed by atoms with van der Waals surface area (Å²) in [5.41, 5.74) is 6.49. The monoisotopic (exact) mass is 474 g/mol. The molecule has 7 heteroatoms. The summed E-state index contributed by atoms with van der Waals surface area (Å²) in [5.74, 6) is 2.44. The Labute approximate surface area is 204 Å². The first kappa shape index (κ1) is 22.7. The highest BCUT2D eigenvalue weighted by Crippen LogP contribution is 2.45. The van der Waals surface area contributed by atoms with E-state index < -0.39 is 0 Å². The molecule has 1 atom stereocenters. The SMILES string of the molecule is COc1ccc([C@H]2C3=C(CC(C)(C)CC3=O)Nc3nc(SCc4ccc(C)cc4C)nn32)cc1. The van der Waals surface area contributed by atoms with E-state index in [-0.39, 0.29) is 17.2 Å². The van der Waals surface area contributed by atoms with Crippen molar-refractivity contribution in [1.29, 1.82) is 0 Å². The number of methoxy groups -OCH3 is 1. The second-order valence-electron chi connectivity index (χ2n) is 10.0. The predicted octanol–water partition coefficient (Wildman–Crippen LogP) is 5.85. The molecular weight excluding hydrogens is 444 g/mol. The molecule has 34 heavy (non-hydrogen) atoms. The van der Waals surface area contributed by atoms with Crippen LogP contribution in [0.2, 0.25) is 0 Å². The molecule has 0 unspecified atom stereocenters. The van der Waals surface area contributed by atoms with Gasteiger partial charge in [0.2, 0.25) is 11.1 Å². The van der Waals surface area contributed by atoms with Crippen LogP contribution in [0.3, 0.4) is 0 Å². The van der Waals surface area contributed by atoms with Gasteiger partial charge in [-0.3, -0.25) is 4.79 Å². The molecule has 0 bridgehead atoms. The van der Waals surface area contributed by atoms with Crippen molar-refractivity contribution >= 4 is 23.5 Å². The van der Waals surface area contributed by atoms with Crippen LogP contribution < -0.4 is 10.1 Å². The summed E-state index contributed by atoms with van der Waals surface area (Å²) in [5, 5.41) is 9.02. The zero-order valence-electron chi connectivity index (χ0n) is 20.3. The largest absolute Gasteiger partial charge is 0.497 e. The molecule has 1 aromatic heterocycles. The highest BCUT2D eigenvalue weighted by atomic mass is 32.2. The van der Waals surface area contributed by atoms with Gasteiger partial charge in [-0.05, 0) is 54.5 Å². The number of ether oxygens (including phenoxy) is 1. The van der Waals surface area contributed by atoms with Gasteiger partial charge in [-0.15, -0.1) is 5.10 Å². The summed E-state index contributed by atoms with van der Waals surface area (Å²) in [6, 6.07) is 14.1. The molecule has 0 saturated heterocycles. The van der Waals surface area contributed by atoms with Crippen molar-refractivity contribution in [1.82, 2.24) is 14.8 Å². The minimum absolute atomic E-state index is 0.0872. The van der Waals surface area contributed by atoms with Gasteiger partial charge in [0.25, 0.3) is 0 Å². The van der Waals surface area contributed by atoms with E-state index in [9.17, 15) is 4.79 Å². The molecule has 3 aromatic rings. The fourth-order valence-corrected chi connectivity index (χ4v) is 5.80. The lowest BCUT2D eigenvalue weighted by Gasteiger charge is -2.38. The third-order valence-electron chi connectivity index (χ3n) is 6.60. The van der Waals surface area contributed by atoms with Gasteiger partial charge >= 0.3 is 0 Å². The Balaban J connectivity index is 1.51. The van der Waals surface area contributed by atoms with Crippen LogP contribution in [-0.4, -0.2) is 27.7 Å². The second kappa shape index (κ2) is 8.62. The average molecular weight is 475 g/mol. The molecule has 0 radical (unpaired) electrons. The first-order valence-electron chi connectivity index (χ1n) is 11.6. The third kappa shape index (κ3) is 4.25. The summed E-state index contributed by atoms with van der Waals surface area (Å²) in [6.45, 7) is 8.53. The van der Waals surface area contributed by atoms with E-state index in [1.165, 1.54) is 16.7 Å². The molecule has 0 spiro atoms. The van der Waals surface area contributed by atoms with E-state index in [0.29, 0.717) is 17.5 Å². The van der Waals surface area contributed by atoms with Crippen molar-refractivity contribution < 1.29 is 9.53 Å². The number of Topliss-reactive ketones (excluding diaryl/α,β-unsaturated/α-hetero) is 1. The molecule has 1 aliphatic heterocycles. The Bertz CT molecular complexity index is 1290. The Morgan fingerprint density at radius 3 is 2.62 bits per heavy atom. The molecule has 0 amide bonds. The minimum atomic E-state index is -0.302. The highest BCUT2D eigenvalue weighted by Gasteiger charge is 2.41. The summed E-state index contributed by atoms with van der Waals surface area (Å²) in [4.78, 5) is 18.2. The number of aryl methyl sites for hydroxylation is 2. The topological polar surface area (TPSA) is 69.0 Å². The maximum absolute atomic E-state index is 13.4. The van der Waals surface area contributed by atoms with Gasteiger partial charge in [-0.1, -0.05) is 61.5 Å². The maximum atomic E-state index is 13.4. The summed E-state index contributed by atoms with van der Waals surface area (Å²) in [6.07, 6.45) is 1.33. The number of aromatic nitrogens is 3. The maximum Gasteiger partial charge on any atom is 0.227 e. The number of hydrogen-bond acceptors (Lipinski definition) is 6. The molecule has 0 saturated carbocycles. The van der Waals surface area contributed by atoms with Gasteiger partial charge in [0.1, 0.15) is 11.8 Å². The van der Waals surface area contributed by atoms with Crippen LogP contribution in [0.4, 0.5) is 5.95 Å². The fourth-order valence-electron chi connectivity index (χ4n) is 4.89. The number of carbonyl (C=O) groups excluding carboxylic acids is 1. The van der Waals surface area contributed by atoms with Crippen LogP contribution in [0, 0.1) is 19.3 Å². The van der Waals surface area contributed by atoms with Crippen molar-refractivity contribution in [3.8, 4) is 5.75 Å². The zero-order chi connectivity index (χ0) is 24.0. The van der Waals surface area contributed by atoms with Crippen molar-refractivity contribution in [2.24, 2.45) is 5.41 Å². The predicted molar refractivity (Wildman–Crippen MR) is 135 cm³/mol. The normalized spacial score (nSPS) is 18.9. The van der Waals surface area contributed by atoms with Crippen LogP contribution in [0.1, 0.15) is 55.0 Å². The van der Waals surface area contributed by atoms with Gasteiger partial charge in [0.05, 0.1) is 7.11 Å². The lowest BCUT2D eigenvalue weighted by molar-refractivity contribution is -0.118. The molecule has 2 aromatic carbocycles. The molecule has 2 heterocycles. The number of benzene rings is 2. The number of fused-ring (bicyclic) bond motifs is 1. The van der Waals surface area contributed by atoms with Gasteiger partial charge < -0.3 is 10.1 Å². The molecular formula is C27H30N4O2S. The van der Waals surface area contributed by atoms with Gasteiger partial charge in [0.15, 0.2) is 5.78 Å². The van der Waals surface area contributed by atoms with Crippen LogP contribution in [-0.2, 0) is 10.5 Å². The van der Waals surface area contributed by atoms with Crippen molar-refractivity contribution in [2.45, 2.75) is 57.5 Å². The average Bonchev–Trinajstić information content (AvgIpc) is 3.19. The van der Waals surface area contributed by atoms with Crippen molar-refractivity contribution in [3.05, 3.63) is 76.0 Å². The second-order valence-corrected chi connectivity index (χ2v) is 11.0. The molecule has 6 nitrogen and oxygen atoms in total. The quantitative estimate of drug-likeness (QED) is 0.468. The van der Waals surface area contributed by atoms with E-state index in [2.05, 4.69) is 51.2 Å². The Hall–Kier alpha value is -3.06. The number of ketones is 1. The number of hydrogen-bond donors (Lipinski definition) is 1. The zero-order valence-corrected chi connectivity index (χ0v) is 21.1. The van der Waals surface area contributed by atoms with Crippen LogP contribution in [0.15, 0.2) is 58.9 Å². The molecule has 0 fully saturated rings. The van der Waals surface area contributed by atoms with E-state index in [4.69, 9.17) is 14.8 Å². The number of thioether (sulfide) groups is 1. The Kier molecular flexibility index (Phi) is 5.76. The Morgan fingerprint density at radius 1 is 1.15 bits per heavy atom. The van der Waals surface area contributed by atoms with Crippen LogP contribution in [0.25, 0.3) is 0 Å². The lowest BCUT2D eigenvalue weighted by Crippen LogP contribution is -2.36. The minimum Gasteiger partial charge on any atom is -0.497 e. The third-order valence-corrected chi connectivity index (χ3v) is 7.49. The van der Waals surface area contributed by atoms with E-state index in [1.54, 1.807) is 18.9 Å². The van der Waals surface area contributed by atoms with Gasteiger partial charge in [-0.2, -0.15) is 4.98 Å².